The van der Waals surface area contributed by atoms with Crippen LogP contribution < -0.4 is 136 Å². The number of aliphatic hydroxyl groups is 5. The number of hydrogen-bond donors (Lipinski definition) is 11. The van der Waals surface area contributed by atoms with Crippen molar-refractivity contribution in [3.63, 3.8) is 0 Å². The van der Waals surface area contributed by atoms with E-state index >= 15 is 0 Å². The van der Waals surface area contributed by atoms with Crippen LogP contribution in [-0.2, 0) is 88.2 Å². The number of carbonyl (C=O) groups excluding carboxylic acids is 7. The number of amides is 6. The van der Waals surface area contributed by atoms with Gasteiger partial charge in [0.2, 0.25) is 23.6 Å². The second kappa shape index (κ2) is 72.2. The molecule has 0 fully saturated rings. The summed E-state index contributed by atoms with van der Waals surface area (Å²) >= 11 is 9.91. The van der Waals surface area contributed by atoms with Gasteiger partial charge < -0.3 is 59.4 Å². The van der Waals surface area contributed by atoms with Gasteiger partial charge in [-0.2, -0.15) is 26.3 Å². The van der Waals surface area contributed by atoms with Gasteiger partial charge in [-0.3, -0.25) is 49.0 Å². The summed E-state index contributed by atoms with van der Waals surface area (Å²) in [4.78, 5) is 86.4. The van der Waals surface area contributed by atoms with Crippen molar-refractivity contribution in [1.29, 1.82) is 0 Å². The average Bonchev–Trinajstić information content (AvgIpc) is 0.892. The predicted molar refractivity (Wildman–Crippen MR) is 466 cm³/mol. The van der Waals surface area contributed by atoms with Crippen molar-refractivity contribution in [3.05, 3.63) is 209 Å². The third-order valence-corrected chi connectivity index (χ3v) is 18.8. The molecule has 6 aromatic rings. The Morgan fingerprint density at radius 3 is 1.01 bits per heavy atom. The summed E-state index contributed by atoms with van der Waals surface area (Å²) in [5, 5.41) is 66.7. The van der Waals surface area contributed by atoms with E-state index < -0.39 is 64.4 Å². The zero-order valence-corrected chi connectivity index (χ0v) is 81.9. The number of carboxylic acids is 1. The van der Waals surface area contributed by atoms with Crippen LogP contribution in [-0.4, -0.2) is 126 Å². The maximum atomic E-state index is 12.1. The minimum Gasteiger partial charge on any atom is -1.00 e. The normalized spacial score (nSPS) is 10.3. The number of nitrogens with one attached hydrogen (secondary N) is 2. The van der Waals surface area contributed by atoms with E-state index in [0.717, 1.165) is 92.7 Å². The van der Waals surface area contributed by atoms with Crippen molar-refractivity contribution in [1.82, 2.24) is 10.6 Å². The third kappa shape index (κ3) is 65.7. The summed E-state index contributed by atoms with van der Waals surface area (Å²) in [5.41, 5.74) is 21.2. The minimum atomic E-state index is -5.08. The summed E-state index contributed by atoms with van der Waals surface area (Å²) in [6, 6.07) is 45.7. The van der Waals surface area contributed by atoms with Crippen LogP contribution in [0.15, 0.2) is 159 Å². The van der Waals surface area contributed by atoms with Crippen LogP contribution in [0.4, 0.5) is 26.3 Å². The number of hydrogen-bond acceptors (Lipinski definition) is 16. The van der Waals surface area contributed by atoms with Crippen molar-refractivity contribution in [2.24, 2.45) is 17.2 Å². The molecule has 6 rings (SSSR count). The van der Waals surface area contributed by atoms with Gasteiger partial charge in [-0.25, -0.2) is 0 Å². The van der Waals surface area contributed by atoms with Crippen molar-refractivity contribution in [2.75, 3.05) is 13.2 Å². The van der Waals surface area contributed by atoms with E-state index in [2.05, 4.69) is 120 Å². The number of nitrogens with two attached hydrogens (primary N) is 3. The first-order valence-electron chi connectivity index (χ1n) is 38.4. The topological polar surface area (TPSA) is 392 Å². The number of halogens is 9. The van der Waals surface area contributed by atoms with E-state index in [1.165, 1.54) is 21.8 Å². The van der Waals surface area contributed by atoms with Gasteiger partial charge in [0.15, 0.2) is 0 Å². The van der Waals surface area contributed by atoms with Crippen molar-refractivity contribution in [2.45, 2.75) is 246 Å². The molecule has 0 aliphatic heterocycles. The number of carbonyl (C=O) groups is 8. The second-order valence-electron chi connectivity index (χ2n) is 26.4. The summed E-state index contributed by atoms with van der Waals surface area (Å²) in [6.45, 7) is 17.9. The van der Waals surface area contributed by atoms with Gasteiger partial charge in [-0.1, -0.05) is 225 Å². The molecule has 14 N–H and O–H groups in total. The molecule has 0 bridgehead atoms. The molecule has 0 radical (unpaired) electrons. The van der Waals surface area contributed by atoms with Gasteiger partial charge in [0.1, 0.15) is 16.8 Å². The molecule has 0 aliphatic rings. The van der Waals surface area contributed by atoms with Gasteiger partial charge in [0.05, 0.1) is 5.60 Å². The van der Waals surface area contributed by atoms with Crippen LogP contribution in [0, 0.1) is 36.0 Å². The van der Waals surface area contributed by atoms with Crippen LogP contribution in [0.3, 0.4) is 0 Å². The average molecular weight is 1960 g/mol. The van der Waals surface area contributed by atoms with Crippen molar-refractivity contribution in [3.8, 4) is 36.0 Å². The van der Waals surface area contributed by atoms with Gasteiger partial charge in [-0.05, 0) is 222 Å². The Balaban J connectivity index is -0.000000255. The van der Waals surface area contributed by atoms with Crippen LogP contribution in [0.5, 0.6) is 0 Å². The number of aliphatic carboxylic acids is 1. The molecule has 0 unspecified atom stereocenters. The summed E-state index contributed by atoms with van der Waals surface area (Å²) in [5.74, 6) is 6.16. The van der Waals surface area contributed by atoms with Crippen LogP contribution >= 0.6 is 47.8 Å². The number of benzene rings is 6. The molecule has 32 heteroatoms. The SMILES string of the molecule is C.C#CC(O)(CC)CC.CCC(O)(C#Cc1cccc(CCC(=O)NC(=O)C(F)(F)F)c1)CC.CCC(O)(C#Cc1cccc(CCC(N)=O)c1)CC.CCC(O)(CC)CCc1cccc(CCCN)c1.CCO.NC(=O)CCc1cccc(Br)c1.O=C(CCc1cccc(Br)c1)NC(=O)C(F)(F)F.O=C(O)CCc1cccc(Br)c1.O=CO[O-].[H-].[K+].[K+]. The van der Waals surface area contributed by atoms with E-state index in [4.69, 9.17) is 43.9 Å². The Kier molecular flexibility index (Phi) is 75.2. The summed E-state index contributed by atoms with van der Waals surface area (Å²) < 4.78 is 74.6. The van der Waals surface area contributed by atoms with Crippen LogP contribution in [0.1, 0.15) is 218 Å². The predicted octanol–water partition coefficient (Wildman–Crippen LogP) is 9.08. The third-order valence-electron chi connectivity index (χ3n) is 17.3. The van der Waals surface area contributed by atoms with Crippen LogP contribution in [0.2, 0.25) is 0 Å². The number of carboxylic acid groups (broad SMARTS) is 1. The largest absolute Gasteiger partial charge is 1.00 e. The van der Waals surface area contributed by atoms with Crippen molar-refractivity contribution < 1.29 is 210 Å². The molecule has 0 aromatic heterocycles. The van der Waals surface area contributed by atoms with Gasteiger partial charge in [0.25, 0.3) is 6.47 Å². The maximum Gasteiger partial charge on any atom is 1.00 e. The fourth-order valence-corrected chi connectivity index (χ4v) is 10.8. The Bertz CT molecular complexity index is 4120. The Labute approximate surface area is 827 Å². The molecule has 666 valence electrons. The zero-order chi connectivity index (χ0) is 91.3. The van der Waals surface area contributed by atoms with E-state index in [1.54, 1.807) is 55.5 Å². The number of terminal acetylenes is 1. The van der Waals surface area contributed by atoms with Gasteiger partial charge in [0, 0.05) is 63.3 Å². The molecule has 0 saturated carbocycles. The number of imide groups is 2. The fraction of sp³-hybridized carbons (Fsp3) is 0.444. The smallest absolute Gasteiger partial charge is 1.00 e. The van der Waals surface area contributed by atoms with E-state index in [-0.39, 0.29) is 169 Å². The van der Waals surface area contributed by atoms with E-state index in [0.29, 0.717) is 75.3 Å². The Morgan fingerprint density at radius 1 is 0.475 bits per heavy atom. The molecule has 0 saturated heterocycles. The monoisotopic (exact) mass is 1960 g/mol. The standard InChI is InChI=1S/C18H20F3NO3.C16H21NO2.C16H27NO.C11H9BrF3NO2.C9H10BrNO.C9H9BrO2.C7H12O.C2H6O.CH2O3.CH4.2K.H/c1-3-17(25,4-2)11-10-14-7-5-6-13(12-14)8-9-15(23)22-16(24)18(19,20)21;1-3-16(19,4-2)11-10-14-7-5-6-13(12-14)8-9-15(17)18;1-3-16(18,4-2)11-10-15-8-5-7-14(13-15)9-6-12-17;12-8-3-1-2-7(6-8)4-5-9(17)16-10(18)11(13,14)15;2*10-8-3-1-2-7(6-8)4-5-9(11)12;1-4-7(8,5-2)6-3;1-2-3;2-1-4-3;;;;/h5-7,12,25H,3-4,8-9H2,1-2H3,(H,22,23,24);5-7,12,19H,3-4,8-9H2,1-2H3,(H2,17,18);5,7-8,13,18H,3-4,6,9-12,17H2,1-2H3;1-3,6H,4-5H2,(H,16,17,18);1-3,6H,4-5H2,(H2,11,12);1-3,6H,4-5H2,(H,11,12);1,8H,5-6H2,2-3H3;3H,2H2,1H3;1,3H;1H4;;;/q;;;;;;;;;;2*+1;-1/p-1. The Hall–Kier alpha value is -5.83. The van der Waals surface area contributed by atoms with Crippen molar-refractivity contribution >= 4 is 95.7 Å². The summed E-state index contributed by atoms with van der Waals surface area (Å²) in [6.07, 6.45) is 6.79. The molecule has 0 atom stereocenters. The van der Waals surface area contributed by atoms with Gasteiger partial charge in [-0.15, -0.1) is 6.42 Å². The second-order valence-corrected chi connectivity index (χ2v) is 29.1. The summed E-state index contributed by atoms with van der Waals surface area (Å²) in [7, 11) is 0. The molecular formula is C90H120Br3F6K2N5O16. The van der Waals surface area contributed by atoms with Crippen LogP contribution in [0.25, 0.3) is 0 Å². The van der Waals surface area contributed by atoms with Gasteiger partial charge >= 0.3 is 133 Å². The molecule has 0 heterocycles. The molecule has 6 aromatic carbocycles. The molecule has 6 amide bonds. The van der Waals surface area contributed by atoms with E-state index in [1.807, 2.05) is 114 Å². The molecule has 122 heavy (non-hydrogen) atoms. The zero-order valence-electron chi connectivity index (χ0n) is 71.9. The molecular weight excluding hydrogens is 1840 g/mol. The first-order valence-corrected chi connectivity index (χ1v) is 40.8. The number of aliphatic hydroxyl groups excluding tert-OH is 1. The van der Waals surface area contributed by atoms with E-state index in [9.17, 15) is 80.3 Å². The fourth-order valence-electron chi connectivity index (χ4n) is 9.42. The number of alkyl halides is 6. The maximum absolute atomic E-state index is 12.1. The first kappa shape index (κ1) is 127. The quantitative estimate of drug-likeness (QED) is 0.00500. The Morgan fingerprint density at radius 2 is 0.754 bits per heavy atom. The molecule has 0 spiro atoms. The number of rotatable bonds is 30. The first-order chi connectivity index (χ1) is 55.9. The number of primary amides is 2. The number of aryl methyl sites for hydroxylation is 7. The molecule has 0 aliphatic carbocycles. The minimum absolute atomic E-state index is 0. The molecule has 21 nitrogen and oxygen atoms in total.